The fourth-order valence-electron chi connectivity index (χ4n) is 1.93. The summed E-state index contributed by atoms with van der Waals surface area (Å²) in [5.41, 5.74) is 2.00. The van der Waals surface area contributed by atoms with Gasteiger partial charge in [-0.2, -0.15) is 0 Å². The molecule has 5 nitrogen and oxygen atoms in total. The SMILES string of the molecule is Cc1ccccc1-c1nnc(SC(C)C(=O)NC2CC2)o1. The number of rotatable bonds is 5. The Morgan fingerprint density at radius 3 is 2.86 bits per heavy atom. The number of aromatic nitrogens is 2. The van der Waals surface area contributed by atoms with Gasteiger partial charge in [-0.1, -0.05) is 30.0 Å². The van der Waals surface area contributed by atoms with Gasteiger partial charge in [0.05, 0.1) is 5.25 Å². The van der Waals surface area contributed by atoms with Gasteiger partial charge in [0.2, 0.25) is 11.8 Å². The van der Waals surface area contributed by atoms with Gasteiger partial charge in [0.15, 0.2) is 0 Å². The monoisotopic (exact) mass is 303 g/mol. The van der Waals surface area contributed by atoms with Gasteiger partial charge >= 0.3 is 0 Å². The van der Waals surface area contributed by atoms with Crippen LogP contribution in [0, 0.1) is 6.92 Å². The number of aryl methyl sites for hydroxylation is 1. The van der Waals surface area contributed by atoms with Gasteiger partial charge in [-0.3, -0.25) is 4.79 Å². The first-order valence-corrected chi connectivity index (χ1v) is 7.88. The molecule has 3 rings (SSSR count). The van der Waals surface area contributed by atoms with Crippen molar-refractivity contribution in [3.8, 4) is 11.5 Å². The Balaban J connectivity index is 1.67. The second-order valence-corrected chi connectivity index (χ2v) is 6.52. The van der Waals surface area contributed by atoms with Crippen molar-refractivity contribution in [1.82, 2.24) is 15.5 Å². The molecule has 6 heteroatoms. The van der Waals surface area contributed by atoms with Crippen LogP contribution in [-0.4, -0.2) is 27.4 Å². The zero-order chi connectivity index (χ0) is 14.8. The lowest BCUT2D eigenvalue weighted by Crippen LogP contribution is -2.32. The minimum atomic E-state index is -0.240. The molecule has 0 radical (unpaired) electrons. The molecule has 1 aromatic carbocycles. The summed E-state index contributed by atoms with van der Waals surface area (Å²) < 4.78 is 5.65. The largest absolute Gasteiger partial charge is 0.411 e. The van der Waals surface area contributed by atoms with E-state index in [1.54, 1.807) is 0 Å². The quantitative estimate of drug-likeness (QED) is 0.860. The van der Waals surface area contributed by atoms with Crippen LogP contribution < -0.4 is 5.32 Å². The third kappa shape index (κ3) is 3.44. The molecule has 1 aliphatic rings. The summed E-state index contributed by atoms with van der Waals surface area (Å²) in [5.74, 6) is 0.517. The Morgan fingerprint density at radius 1 is 1.38 bits per heavy atom. The van der Waals surface area contributed by atoms with E-state index in [2.05, 4.69) is 15.5 Å². The van der Waals surface area contributed by atoms with Crippen LogP contribution in [0.4, 0.5) is 0 Å². The summed E-state index contributed by atoms with van der Waals surface area (Å²) in [4.78, 5) is 11.9. The van der Waals surface area contributed by atoms with Crippen LogP contribution in [0.2, 0.25) is 0 Å². The molecule has 1 fully saturated rings. The smallest absolute Gasteiger partial charge is 0.277 e. The maximum atomic E-state index is 11.9. The molecule has 1 heterocycles. The third-order valence-corrected chi connectivity index (χ3v) is 4.29. The Hall–Kier alpha value is -1.82. The molecule has 0 aliphatic heterocycles. The summed E-state index contributed by atoms with van der Waals surface area (Å²) >= 11 is 1.29. The molecule has 21 heavy (non-hydrogen) atoms. The molecular weight excluding hydrogens is 286 g/mol. The van der Waals surface area contributed by atoms with Crippen LogP contribution in [0.25, 0.3) is 11.5 Å². The van der Waals surface area contributed by atoms with Crippen molar-refractivity contribution in [2.24, 2.45) is 0 Å². The molecule has 0 saturated heterocycles. The first-order valence-electron chi connectivity index (χ1n) is 7.00. The first kappa shape index (κ1) is 14.1. The maximum absolute atomic E-state index is 11.9. The van der Waals surface area contributed by atoms with Gasteiger partial charge in [0.1, 0.15) is 0 Å². The summed E-state index contributed by atoms with van der Waals surface area (Å²) in [6.07, 6.45) is 2.17. The number of carbonyl (C=O) groups excluding carboxylic acids is 1. The summed E-state index contributed by atoms with van der Waals surface area (Å²) in [7, 11) is 0. The van der Waals surface area contributed by atoms with Crippen molar-refractivity contribution in [2.45, 2.75) is 43.2 Å². The van der Waals surface area contributed by atoms with E-state index in [0.717, 1.165) is 24.0 Å². The molecule has 1 amide bonds. The molecule has 1 saturated carbocycles. The van der Waals surface area contributed by atoms with Crippen LogP contribution in [-0.2, 0) is 4.79 Å². The van der Waals surface area contributed by atoms with E-state index in [1.165, 1.54) is 11.8 Å². The minimum absolute atomic E-state index is 0.0261. The Morgan fingerprint density at radius 2 is 2.14 bits per heavy atom. The van der Waals surface area contributed by atoms with Gasteiger partial charge in [-0.15, -0.1) is 10.2 Å². The molecular formula is C15H17N3O2S. The number of nitrogens with zero attached hydrogens (tertiary/aromatic N) is 2. The molecule has 0 spiro atoms. The van der Waals surface area contributed by atoms with Crippen molar-refractivity contribution in [3.05, 3.63) is 29.8 Å². The van der Waals surface area contributed by atoms with Gasteiger partial charge < -0.3 is 9.73 Å². The third-order valence-electron chi connectivity index (χ3n) is 3.35. The molecule has 1 aromatic heterocycles. The van der Waals surface area contributed by atoms with E-state index in [4.69, 9.17) is 4.42 Å². The summed E-state index contributed by atoms with van der Waals surface area (Å²) in [6, 6.07) is 8.21. The van der Waals surface area contributed by atoms with Crippen molar-refractivity contribution >= 4 is 17.7 Å². The highest BCUT2D eigenvalue weighted by Gasteiger charge is 2.27. The number of thioether (sulfide) groups is 1. The van der Waals surface area contributed by atoms with E-state index >= 15 is 0 Å². The zero-order valence-corrected chi connectivity index (χ0v) is 12.8. The van der Waals surface area contributed by atoms with Crippen molar-refractivity contribution < 1.29 is 9.21 Å². The standard InChI is InChI=1S/C15H17N3O2S/c1-9-5-3-4-6-12(9)14-17-18-15(20-14)21-10(2)13(19)16-11-7-8-11/h3-6,10-11H,7-8H2,1-2H3,(H,16,19). The minimum Gasteiger partial charge on any atom is -0.411 e. The second kappa shape index (κ2) is 5.89. The predicted molar refractivity (Wildman–Crippen MR) is 81.0 cm³/mol. The lowest BCUT2D eigenvalue weighted by atomic mass is 10.1. The Kier molecular flexibility index (Phi) is 3.96. The van der Waals surface area contributed by atoms with E-state index in [1.807, 2.05) is 38.1 Å². The number of hydrogen-bond donors (Lipinski definition) is 1. The van der Waals surface area contributed by atoms with Crippen molar-refractivity contribution in [2.75, 3.05) is 0 Å². The summed E-state index contributed by atoms with van der Waals surface area (Å²) in [5, 5.41) is 11.2. The van der Waals surface area contributed by atoms with E-state index in [-0.39, 0.29) is 11.2 Å². The molecule has 1 atom stereocenters. The Labute approximate surface area is 127 Å². The van der Waals surface area contributed by atoms with E-state index < -0.39 is 0 Å². The van der Waals surface area contributed by atoms with Crippen LogP contribution in [0.3, 0.4) is 0 Å². The van der Waals surface area contributed by atoms with E-state index in [9.17, 15) is 4.79 Å². The van der Waals surface area contributed by atoms with Crippen LogP contribution in [0.1, 0.15) is 25.3 Å². The number of nitrogens with one attached hydrogen (secondary N) is 1. The van der Waals surface area contributed by atoms with Gasteiger partial charge in [-0.05, 0) is 38.3 Å². The van der Waals surface area contributed by atoms with Crippen LogP contribution in [0.5, 0.6) is 0 Å². The molecule has 0 bridgehead atoms. The van der Waals surface area contributed by atoms with Crippen LogP contribution >= 0.6 is 11.8 Å². The molecule has 2 aromatic rings. The van der Waals surface area contributed by atoms with E-state index in [0.29, 0.717) is 17.2 Å². The number of hydrogen-bond acceptors (Lipinski definition) is 5. The molecule has 110 valence electrons. The predicted octanol–water partition coefficient (Wildman–Crippen LogP) is 2.80. The lowest BCUT2D eigenvalue weighted by molar-refractivity contribution is -0.120. The molecule has 1 aliphatic carbocycles. The van der Waals surface area contributed by atoms with Gasteiger partial charge in [0, 0.05) is 11.6 Å². The fraction of sp³-hybridized carbons (Fsp3) is 0.400. The average molecular weight is 303 g/mol. The fourth-order valence-corrected chi connectivity index (χ4v) is 2.62. The topological polar surface area (TPSA) is 68.0 Å². The van der Waals surface area contributed by atoms with Crippen LogP contribution in [0.15, 0.2) is 33.9 Å². The molecule has 1 unspecified atom stereocenters. The summed E-state index contributed by atoms with van der Waals surface area (Å²) in [6.45, 7) is 3.85. The second-order valence-electron chi connectivity index (χ2n) is 5.23. The number of benzene rings is 1. The Bertz CT molecular complexity index is 652. The lowest BCUT2D eigenvalue weighted by Gasteiger charge is -2.08. The average Bonchev–Trinajstić information content (AvgIpc) is 3.16. The number of amides is 1. The highest BCUT2D eigenvalue weighted by atomic mass is 32.2. The first-order chi connectivity index (χ1) is 10.1. The van der Waals surface area contributed by atoms with Gasteiger partial charge in [-0.25, -0.2) is 0 Å². The number of carbonyl (C=O) groups is 1. The zero-order valence-electron chi connectivity index (χ0n) is 12.0. The molecule has 1 N–H and O–H groups in total. The van der Waals surface area contributed by atoms with Crippen molar-refractivity contribution in [3.63, 3.8) is 0 Å². The highest BCUT2D eigenvalue weighted by Crippen LogP contribution is 2.28. The maximum Gasteiger partial charge on any atom is 0.277 e. The normalized spacial score (nSPS) is 15.7. The van der Waals surface area contributed by atoms with Gasteiger partial charge in [0.25, 0.3) is 5.22 Å². The van der Waals surface area contributed by atoms with Crippen molar-refractivity contribution in [1.29, 1.82) is 0 Å². The highest BCUT2D eigenvalue weighted by molar-refractivity contribution is 8.00.